The van der Waals surface area contributed by atoms with Gasteiger partial charge in [-0.3, -0.25) is 4.79 Å². The molecule has 6 rings (SSSR count). The van der Waals surface area contributed by atoms with Gasteiger partial charge in [-0.25, -0.2) is 4.98 Å². The van der Waals surface area contributed by atoms with E-state index in [9.17, 15) is 4.79 Å². The SMILES string of the molecule is COc1cccc2oc(-c3nc4ccccc4c(=O)n3N=Cc3cc(Cl)c(OCc4cccc(C)c4)c(Br)c3)cc12. The topological polar surface area (TPSA) is 78.9 Å². The molecule has 0 fully saturated rings. The fourth-order valence-corrected chi connectivity index (χ4v) is 5.58. The minimum absolute atomic E-state index is 0.256. The molecule has 0 bridgehead atoms. The van der Waals surface area contributed by atoms with Crippen LogP contribution < -0.4 is 15.0 Å². The second-order valence-corrected chi connectivity index (χ2v) is 10.6. The molecule has 2 heterocycles. The van der Waals surface area contributed by atoms with Gasteiger partial charge < -0.3 is 13.9 Å². The van der Waals surface area contributed by atoms with E-state index in [1.165, 1.54) is 4.68 Å². The van der Waals surface area contributed by atoms with Crippen molar-refractivity contribution in [2.75, 3.05) is 7.11 Å². The number of para-hydroxylation sites is 1. The van der Waals surface area contributed by atoms with Gasteiger partial charge in [-0.15, -0.1) is 0 Å². The Labute approximate surface area is 248 Å². The molecular formula is C32H23BrClN3O4. The molecule has 0 spiro atoms. The van der Waals surface area contributed by atoms with Crippen molar-refractivity contribution in [2.24, 2.45) is 5.10 Å². The molecule has 0 N–H and O–H groups in total. The average Bonchev–Trinajstić information content (AvgIpc) is 3.41. The highest BCUT2D eigenvalue weighted by Crippen LogP contribution is 2.35. The lowest BCUT2D eigenvalue weighted by Gasteiger charge is -2.12. The standard InChI is InChI=1S/C32H23BrClN3O4/c1-19-7-5-8-20(13-19)18-40-30-24(33)14-21(15-25(30)34)17-35-37-31(36-26-10-4-3-9-22(26)32(37)38)29-16-23-27(39-2)11-6-12-28(23)41-29/h3-17H,18H2,1-2H3. The van der Waals surface area contributed by atoms with Crippen LogP contribution in [0.5, 0.6) is 11.5 Å². The van der Waals surface area contributed by atoms with Gasteiger partial charge in [0.2, 0.25) is 5.82 Å². The molecule has 0 radical (unpaired) electrons. The monoisotopic (exact) mass is 627 g/mol. The van der Waals surface area contributed by atoms with Crippen LogP contribution in [0, 0.1) is 6.92 Å². The first kappa shape index (κ1) is 26.8. The molecular weight excluding hydrogens is 606 g/mol. The van der Waals surface area contributed by atoms with E-state index in [1.54, 1.807) is 43.7 Å². The van der Waals surface area contributed by atoms with E-state index >= 15 is 0 Å². The number of benzene rings is 4. The van der Waals surface area contributed by atoms with Crippen molar-refractivity contribution in [3.05, 3.63) is 121 Å². The summed E-state index contributed by atoms with van der Waals surface area (Å²) < 4.78 is 19.5. The minimum Gasteiger partial charge on any atom is -0.496 e. The third kappa shape index (κ3) is 5.36. The third-order valence-corrected chi connectivity index (χ3v) is 7.39. The van der Waals surface area contributed by atoms with E-state index in [0.29, 0.717) is 55.4 Å². The smallest absolute Gasteiger partial charge is 0.282 e. The summed E-state index contributed by atoms with van der Waals surface area (Å²) in [5.41, 5.74) is 3.65. The van der Waals surface area contributed by atoms with Gasteiger partial charge in [0.1, 0.15) is 17.9 Å². The van der Waals surface area contributed by atoms with Crippen LogP contribution in [-0.2, 0) is 6.61 Å². The van der Waals surface area contributed by atoms with Crippen LogP contribution >= 0.6 is 27.5 Å². The molecule has 0 aliphatic rings. The predicted molar refractivity (Wildman–Crippen MR) is 165 cm³/mol. The molecule has 2 aromatic heterocycles. The fraction of sp³-hybridized carbons (Fsp3) is 0.0938. The highest BCUT2D eigenvalue weighted by atomic mass is 79.9. The summed E-state index contributed by atoms with van der Waals surface area (Å²) in [6.45, 7) is 2.41. The number of halogens is 2. The van der Waals surface area contributed by atoms with E-state index < -0.39 is 0 Å². The Morgan fingerprint density at radius 2 is 1.85 bits per heavy atom. The number of methoxy groups -OCH3 is 1. The maximum Gasteiger partial charge on any atom is 0.282 e. The molecule has 4 aromatic carbocycles. The third-order valence-electron chi connectivity index (χ3n) is 6.52. The zero-order valence-corrected chi connectivity index (χ0v) is 24.4. The zero-order valence-electron chi connectivity index (χ0n) is 22.1. The van der Waals surface area contributed by atoms with Crippen LogP contribution in [-0.4, -0.2) is 23.0 Å². The van der Waals surface area contributed by atoms with Crippen LogP contribution in [0.2, 0.25) is 5.02 Å². The van der Waals surface area contributed by atoms with Gasteiger partial charge in [0, 0.05) is 0 Å². The first-order valence-electron chi connectivity index (χ1n) is 12.7. The molecule has 0 unspecified atom stereocenters. The molecule has 204 valence electrons. The molecule has 0 saturated carbocycles. The number of furan rings is 1. The normalized spacial score (nSPS) is 11.5. The lowest BCUT2D eigenvalue weighted by molar-refractivity contribution is 0.304. The fourth-order valence-electron chi connectivity index (χ4n) is 4.59. The summed E-state index contributed by atoms with van der Waals surface area (Å²) >= 11 is 10.2. The molecule has 9 heteroatoms. The van der Waals surface area contributed by atoms with Gasteiger partial charge in [0.25, 0.3) is 5.56 Å². The molecule has 7 nitrogen and oxygen atoms in total. The predicted octanol–water partition coefficient (Wildman–Crippen LogP) is 8.00. The number of fused-ring (bicyclic) bond motifs is 2. The molecule has 41 heavy (non-hydrogen) atoms. The highest BCUT2D eigenvalue weighted by molar-refractivity contribution is 9.10. The molecule has 0 aliphatic heterocycles. The number of nitrogens with zero attached hydrogens (tertiary/aromatic N) is 3. The van der Waals surface area contributed by atoms with E-state index in [4.69, 9.17) is 30.5 Å². The minimum atomic E-state index is -0.336. The van der Waals surface area contributed by atoms with Crippen LogP contribution in [0.1, 0.15) is 16.7 Å². The summed E-state index contributed by atoms with van der Waals surface area (Å²) in [7, 11) is 1.60. The molecule has 0 amide bonds. The first-order valence-corrected chi connectivity index (χ1v) is 13.9. The van der Waals surface area contributed by atoms with Crippen molar-refractivity contribution >= 4 is 55.6 Å². The van der Waals surface area contributed by atoms with E-state index in [-0.39, 0.29) is 11.4 Å². The number of hydrogen-bond donors (Lipinski definition) is 0. The Balaban J connectivity index is 1.39. The van der Waals surface area contributed by atoms with E-state index in [0.717, 1.165) is 16.5 Å². The van der Waals surface area contributed by atoms with Crippen LogP contribution in [0.4, 0.5) is 0 Å². The Morgan fingerprint density at radius 3 is 2.66 bits per heavy atom. The maximum absolute atomic E-state index is 13.6. The largest absolute Gasteiger partial charge is 0.496 e. The first-order chi connectivity index (χ1) is 19.9. The molecule has 0 saturated heterocycles. The van der Waals surface area contributed by atoms with Crippen molar-refractivity contribution in [1.29, 1.82) is 0 Å². The Bertz CT molecular complexity index is 1990. The van der Waals surface area contributed by atoms with Crippen LogP contribution in [0.15, 0.2) is 104 Å². The van der Waals surface area contributed by atoms with Crippen molar-refractivity contribution in [1.82, 2.24) is 9.66 Å². The summed E-state index contributed by atoms with van der Waals surface area (Å²) in [4.78, 5) is 18.3. The van der Waals surface area contributed by atoms with Gasteiger partial charge in [0.15, 0.2) is 11.5 Å². The Morgan fingerprint density at radius 1 is 1.02 bits per heavy atom. The van der Waals surface area contributed by atoms with E-state index in [1.807, 2.05) is 55.5 Å². The van der Waals surface area contributed by atoms with Gasteiger partial charge in [-0.1, -0.05) is 59.6 Å². The number of aryl methyl sites for hydroxylation is 1. The Hall–Kier alpha value is -4.40. The van der Waals surface area contributed by atoms with Crippen LogP contribution in [0.3, 0.4) is 0 Å². The second-order valence-electron chi connectivity index (χ2n) is 9.39. The lowest BCUT2D eigenvalue weighted by Crippen LogP contribution is -2.20. The number of hydrogen-bond acceptors (Lipinski definition) is 6. The van der Waals surface area contributed by atoms with Gasteiger partial charge in [-0.2, -0.15) is 9.78 Å². The average molecular weight is 629 g/mol. The molecule has 6 aromatic rings. The second kappa shape index (κ2) is 11.2. The lowest BCUT2D eigenvalue weighted by atomic mass is 10.1. The molecule has 0 atom stereocenters. The van der Waals surface area contributed by atoms with Crippen molar-refractivity contribution < 1.29 is 13.9 Å². The summed E-state index contributed by atoms with van der Waals surface area (Å²) in [6.07, 6.45) is 1.55. The van der Waals surface area contributed by atoms with Crippen molar-refractivity contribution in [3.63, 3.8) is 0 Å². The van der Waals surface area contributed by atoms with Gasteiger partial charge >= 0.3 is 0 Å². The van der Waals surface area contributed by atoms with Crippen molar-refractivity contribution in [2.45, 2.75) is 13.5 Å². The number of ether oxygens (including phenoxy) is 2. The summed E-state index contributed by atoms with van der Waals surface area (Å²) in [6, 6.07) is 26.1. The summed E-state index contributed by atoms with van der Waals surface area (Å²) in [5, 5.41) is 6.14. The van der Waals surface area contributed by atoms with Crippen LogP contribution in [0.25, 0.3) is 33.5 Å². The summed E-state index contributed by atoms with van der Waals surface area (Å²) in [5.74, 6) is 1.81. The number of aromatic nitrogens is 2. The molecule has 0 aliphatic carbocycles. The van der Waals surface area contributed by atoms with Crippen molar-refractivity contribution in [3.8, 4) is 23.1 Å². The van der Waals surface area contributed by atoms with Gasteiger partial charge in [0.05, 0.1) is 39.1 Å². The van der Waals surface area contributed by atoms with Gasteiger partial charge in [-0.05, 0) is 76.4 Å². The maximum atomic E-state index is 13.6. The Kier molecular flexibility index (Phi) is 7.34. The quantitative estimate of drug-likeness (QED) is 0.167. The van der Waals surface area contributed by atoms with E-state index in [2.05, 4.69) is 27.1 Å². The number of rotatable bonds is 7. The zero-order chi connectivity index (χ0) is 28.5. The highest BCUT2D eigenvalue weighted by Gasteiger charge is 2.18.